The van der Waals surface area contributed by atoms with Crippen LogP contribution in [-0.2, 0) is 17.1 Å². The molecule has 0 aromatic carbocycles. The SMILES string of the molecule is Cc1ncn(-c2cc(N3CCN(S(=O)(=O)c4cn(C)c(C)n4)CC3)ncn2)c1C. The molecule has 0 bridgehead atoms. The Morgan fingerprint density at radius 2 is 1.66 bits per heavy atom. The number of rotatable bonds is 4. The van der Waals surface area contributed by atoms with Crippen molar-refractivity contribution in [1.82, 2.24) is 33.4 Å². The van der Waals surface area contributed by atoms with Crippen LogP contribution in [0.5, 0.6) is 0 Å². The zero-order valence-electron chi connectivity index (χ0n) is 16.9. The summed E-state index contributed by atoms with van der Waals surface area (Å²) in [7, 11) is -1.81. The average molecular weight is 417 g/mol. The standard InChI is InChI=1S/C18H24N8O2S/c1-13-14(2)26(12-21-13)17-9-16(19-11-20-17)24-5-7-25(8-6-24)29(27,28)18-10-23(4)15(3)22-18/h9-12H,5-8H2,1-4H3. The van der Waals surface area contributed by atoms with E-state index >= 15 is 0 Å². The lowest BCUT2D eigenvalue weighted by Gasteiger charge is -2.34. The lowest BCUT2D eigenvalue weighted by Crippen LogP contribution is -2.49. The van der Waals surface area contributed by atoms with Crippen molar-refractivity contribution in [3.63, 3.8) is 0 Å². The Labute approximate surface area is 169 Å². The van der Waals surface area contributed by atoms with Gasteiger partial charge in [-0.15, -0.1) is 0 Å². The van der Waals surface area contributed by atoms with E-state index in [1.165, 1.54) is 10.6 Å². The van der Waals surface area contributed by atoms with E-state index in [9.17, 15) is 8.42 Å². The quantitative estimate of drug-likeness (QED) is 0.621. The molecule has 0 atom stereocenters. The molecule has 29 heavy (non-hydrogen) atoms. The van der Waals surface area contributed by atoms with Crippen molar-refractivity contribution in [3.05, 3.63) is 42.1 Å². The molecule has 4 heterocycles. The molecule has 0 radical (unpaired) electrons. The molecule has 1 fully saturated rings. The largest absolute Gasteiger partial charge is 0.354 e. The third kappa shape index (κ3) is 3.51. The van der Waals surface area contributed by atoms with Gasteiger partial charge in [0.1, 0.15) is 30.1 Å². The molecule has 0 N–H and O–H groups in total. The molecule has 154 valence electrons. The van der Waals surface area contributed by atoms with Gasteiger partial charge < -0.3 is 9.47 Å². The van der Waals surface area contributed by atoms with Gasteiger partial charge in [0.25, 0.3) is 10.0 Å². The summed E-state index contributed by atoms with van der Waals surface area (Å²) in [5, 5.41) is 0.0984. The number of hydrogen-bond donors (Lipinski definition) is 0. The van der Waals surface area contributed by atoms with Crippen LogP contribution in [0.25, 0.3) is 5.82 Å². The van der Waals surface area contributed by atoms with Crippen LogP contribution in [0, 0.1) is 20.8 Å². The Balaban J connectivity index is 1.50. The maximum absolute atomic E-state index is 12.9. The number of imidazole rings is 2. The van der Waals surface area contributed by atoms with Crippen molar-refractivity contribution >= 4 is 15.8 Å². The van der Waals surface area contributed by atoms with E-state index in [1.807, 2.05) is 24.5 Å². The monoisotopic (exact) mass is 416 g/mol. The fourth-order valence-electron chi connectivity index (χ4n) is 3.31. The fraction of sp³-hybridized carbons (Fsp3) is 0.444. The molecule has 0 amide bonds. The first kappa shape index (κ1) is 19.5. The predicted molar refractivity (Wildman–Crippen MR) is 108 cm³/mol. The minimum absolute atomic E-state index is 0.0984. The summed E-state index contributed by atoms with van der Waals surface area (Å²) in [6, 6.07) is 1.90. The second kappa shape index (κ2) is 7.23. The first-order valence-corrected chi connectivity index (χ1v) is 10.8. The van der Waals surface area contributed by atoms with Crippen molar-refractivity contribution in [2.75, 3.05) is 31.1 Å². The van der Waals surface area contributed by atoms with Gasteiger partial charge in [0.05, 0.1) is 5.69 Å². The summed E-state index contributed by atoms with van der Waals surface area (Å²) < 4.78 is 30.9. The average Bonchev–Trinajstić information content (AvgIpc) is 3.24. The number of piperazine rings is 1. The highest BCUT2D eigenvalue weighted by Gasteiger charge is 2.31. The van der Waals surface area contributed by atoms with Gasteiger partial charge in [-0.25, -0.2) is 28.4 Å². The van der Waals surface area contributed by atoms with Crippen LogP contribution in [0.2, 0.25) is 0 Å². The normalized spacial score (nSPS) is 15.8. The molecule has 3 aromatic rings. The van der Waals surface area contributed by atoms with E-state index in [0.717, 1.165) is 23.0 Å². The van der Waals surface area contributed by atoms with Gasteiger partial charge in [-0.3, -0.25) is 4.57 Å². The van der Waals surface area contributed by atoms with Crippen molar-refractivity contribution in [2.24, 2.45) is 7.05 Å². The number of nitrogens with zero attached hydrogens (tertiary/aromatic N) is 8. The minimum Gasteiger partial charge on any atom is -0.354 e. The number of aromatic nitrogens is 6. The molecule has 0 unspecified atom stereocenters. The lowest BCUT2D eigenvalue weighted by molar-refractivity contribution is 0.382. The Morgan fingerprint density at radius 3 is 2.24 bits per heavy atom. The lowest BCUT2D eigenvalue weighted by atomic mass is 10.3. The Bertz CT molecular complexity index is 1120. The molecule has 0 spiro atoms. The van der Waals surface area contributed by atoms with E-state index in [0.29, 0.717) is 32.0 Å². The van der Waals surface area contributed by atoms with Gasteiger partial charge >= 0.3 is 0 Å². The maximum Gasteiger partial charge on any atom is 0.262 e. The molecule has 0 saturated carbocycles. The minimum atomic E-state index is -3.59. The van der Waals surface area contributed by atoms with Crippen molar-refractivity contribution in [1.29, 1.82) is 0 Å². The number of sulfonamides is 1. The van der Waals surface area contributed by atoms with Gasteiger partial charge in [0.2, 0.25) is 0 Å². The summed E-state index contributed by atoms with van der Waals surface area (Å²) in [4.78, 5) is 19.3. The highest BCUT2D eigenvalue weighted by atomic mass is 32.2. The van der Waals surface area contributed by atoms with Crippen molar-refractivity contribution in [2.45, 2.75) is 25.8 Å². The van der Waals surface area contributed by atoms with E-state index in [-0.39, 0.29) is 5.03 Å². The second-order valence-corrected chi connectivity index (χ2v) is 9.03. The Kier molecular flexibility index (Phi) is 4.87. The van der Waals surface area contributed by atoms with E-state index < -0.39 is 10.0 Å². The van der Waals surface area contributed by atoms with Crippen LogP contribution in [-0.4, -0.2) is 68.0 Å². The molecule has 1 aliphatic rings. The molecular weight excluding hydrogens is 392 g/mol. The summed E-state index contributed by atoms with van der Waals surface area (Å²) >= 11 is 0. The summed E-state index contributed by atoms with van der Waals surface area (Å²) in [6.45, 7) is 7.57. The smallest absolute Gasteiger partial charge is 0.262 e. The van der Waals surface area contributed by atoms with Crippen molar-refractivity contribution < 1.29 is 8.42 Å². The summed E-state index contributed by atoms with van der Waals surface area (Å²) in [5.74, 6) is 2.18. The molecule has 1 saturated heterocycles. The summed E-state index contributed by atoms with van der Waals surface area (Å²) in [6.07, 6.45) is 4.83. The number of hydrogen-bond acceptors (Lipinski definition) is 7. The molecule has 1 aliphatic heterocycles. The van der Waals surface area contributed by atoms with Crippen LogP contribution in [0.1, 0.15) is 17.2 Å². The Hall–Kier alpha value is -2.79. The van der Waals surface area contributed by atoms with Crippen LogP contribution in [0.15, 0.2) is 29.9 Å². The topological polar surface area (TPSA) is 102 Å². The molecule has 0 aliphatic carbocycles. The van der Waals surface area contributed by atoms with E-state index in [1.54, 1.807) is 31.1 Å². The van der Waals surface area contributed by atoms with Crippen LogP contribution >= 0.6 is 0 Å². The van der Waals surface area contributed by atoms with E-state index in [4.69, 9.17) is 0 Å². The first-order chi connectivity index (χ1) is 13.8. The highest BCUT2D eigenvalue weighted by Crippen LogP contribution is 2.21. The van der Waals surface area contributed by atoms with Crippen LogP contribution in [0.4, 0.5) is 5.82 Å². The molecule has 11 heteroatoms. The predicted octanol–water partition coefficient (Wildman–Crippen LogP) is 0.832. The molecule has 10 nitrogen and oxygen atoms in total. The Morgan fingerprint density at radius 1 is 0.966 bits per heavy atom. The highest BCUT2D eigenvalue weighted by molar-refractivity contribution is 7.89. The summed E-state index contributed by atoms with van der Waals surface area (Å²) in [5.41, 5.74) is 1.98. The second-order valence-electron chi connectivity index (χ2n) is 7.15. The number of aryl methyl sites for hydroxylation is 3. The zero-order valence-corrected chi connectivity index (χ0v) is 17.8. The number of anilines is 1. The van der Waals surface area contributed by atoms with Gasteiger partial charge in [0.15, 0.2) is 5.03 Å². The first-order valence-electron chi connectivity index (χ1n) is 9.35. The van der Waals surface area contributed by atoms with Crippen molar-refractivity contribution in [3.8, 4) is 5.82 Å². The zero-order chi connectivity index (χ0) is 20.8. The van der Waals surface area contributed by atoms with Crippen LogP contribution < -0.4 is 4.90 Å². The van der Waals surface area contributed by atoms with Gasteiger partial charge in [-0.05, 0) is 20.8 Å². The van der Waals surface area contributed by atoms with E-state index in [2.05, 4.69) is 24.8 Å². The maximum atomic E-state index is 12.9. The van der Waals surface area contributed by atoms with Gasteiger partial charge in [-0.1, -0.05) is 0 Å². The van der Waals surface area contributed by atoms with Gasteiger partial charge in [-0.2, -0.15) is 4.31 Å². The van der Waals surface area contributed by atoms with Crippen LogP contribution in [0.3, 0.4) is 0 Å². The molecule has 3 aromatic heterocycles. The molecule has 4 rings (SSSR count). The fourth-order valence-corrected chi connectivity index (χ4v) is 4.76. The third-order valence-electron chi connectivity index (χ3n) is 5.39. The third-order valence-corrected chi connectivity index (χ3v) is 7.16. The van der Waals surface area contributed by atoms with Gasteiger partial charge in [0, 0.05) is 51.2 Å². The molecular formula is C18H24N8O2S.